The van der Waals surface area contributed by atoms with E-state index in [1.165, 1.54) is 22.7 Å². The molecule has 0 fully saturated rings. The summed E-state index contributed by atoms with van der Waals surface area (Å²) in [4.78, 5) is 0. The van der Waals surface area contributed by atoms with E-state index in [2.05, 4.69) is 40.9 Å². The fraction of sp³-hybridized carbons (Fsp3) is 0.429. The molecular formula is C14H19N3OS. The van der Waals surface area contributed by atoms with Crippen molar-refractivity contribution in [3.63, 3.8) is 0 Å². The average Bonchev–Trinajstić information content (AvgIpc) is 2.92. The molecule has 19 heavy (non-hydrogen) atoms. The van der Waals surface area contributed by atoms with Crippen molar-refractivity contribution in [2.75, 3.05) is 13.7 Å². The summed E-state index contributed by atoms with van der Waals surface area (Å²) in [5.74, 6) is 0.927. The Morgan fingerprint density at radius 3 is 2.89 bits per heavy atom. The first kappa shape index (κ1) is 14.0. The molecule has 0 aliphatic rings. The number of hydrogen-bond donors (Lipinski definition) is 1. The average molecular weight is 277 g/mol. The summed E-state index contributed by atoms with van der Waals surface area (Å²) in [7, 11) is 1.71. The standard InChI is InChI=1S/C14H19N3OS/c1-4-15-12(13-9-19-17-16-13)8-11-7-10(2)5-6-14(11)18-3/h5-7,9,12,15H,4,8H2,1-3H3. The summed E-state index contributed by atoms with van der Waals surface area (Å²) >= 11 is 1.39. The number of rotatable bonds is 6. The molecule has 0 aliphatic carbocycles. The summed E-state index contributed by atoms with van der Waals surface area (Å²) in [6, 6.07) is 6.43. The van der Waals surface area contributed by atoms with Crippen LogP contribution in [0.4, 0.5) is 0 Å². The molecule has 102 valence electrons. The van der Waals surface area contributed by atoms with Crippen molar-refractivity contribution in [1.29, 1.82) is 0 Å². The van der Waals surface area contributed by atoms with Gasteiger partial charge in [0, 0.05) is 5.38 Å². The number of aromatic nitrogens is 2. The third-order valence-electron chi connectivity index (χ3n) is 3.04. The number of aryl methyl sites for hydroxylation is 1. The lowest BCUT2D eigenvalue weighted by Crippen LogP contribution is -2.23. The Balaban J connectivity index is 2.24. The van der Waals surface area contributed by atoms with Gasteiger partial charge in [0.15, 0.2) is 0 Å². The van der Waals surface area contributed by atoms with E-state index in [1.54, 1.807) is 7.11 Å². The minimum atomic E-state index is 0.180. The Morgan fingerprint density at radius 1 is 1.42 bits per heavy atom. The van der Waals surface area contributed by atoms with Crippen molar-refractivity contribution < 1.29 is 4.74 Å². The largest absolute Gasteiger partial charge is 0.496 e. The van der Waals surface area contributed by atoms with Crippen LogP contribution < -0.4 is 10.1 Å². The van der Waals surface area contributed by atoms with Crippen LogP contribution in [0, 0.1) is 6.92 Å². The van der Waals surface area contributed by atoms with Gasteiger partial charge in [0.1, 0.15) is 5.75 Å². The lowest BCUT2D eigenvalue weighted by Gasteiger charge is -2.17. The Morgan fingerprint density at radius 2 is 2.26 bits per heavy atom. The lowest BCUT2D eigenvalue weighted by molar-refractivity contribution is 0.405. The normalized spacial score (nSPS) is 12.4. The number of benzene rings is 1. The van der Waals surface area contributed by atoms with Gasteiger partial charge in [-0.2, -0.15) is 0 Å². The van der Waals surface area contributed by atoms with Gasteiger partial charge in [-0.15, -0.1) is 5.10 Å². The molecule has 4 nitrogen and oxygen atoms in total. The quantitative estimate of drug-likeness (QED) is 0.882. The van der Waals surface area contributed by atoms with Crippen LogP contribution in [-0.2, 0) is 6.42 Å². The third-order valence-corrected chi connectivity index (χ3v) is 3.57. The number of ether oxygens (including phenoxy) is 1. The first-order valence-electron chi connectivity index (χ1n) is 6.38. The minimum Gasteiger partial charge on any atom is -0.496 e. The molecule has 2 rings (SSSR count). The van der Waals surface area contributed by atoms with E-state index >= 15 is 0 Å². The van der Waals surface area contributed by atoms with Crippen molar-refractivity contribution in [2.45, 2.75) is 26.3 Å². The van der Waals surface area contributed by atoms with Gasteiger partial charge in [0.05, 0.1) is 18.8 Å². The smallest absolute Gasteiger partial charge is 0.122 e. The Hall–Kier alpha value is -1.46. The Bertz CT molecular complexity index is 513. The molecular weight excluding hydrogens is 258 g/mol. The first-order valence-corrected chi connectivity index (χ1v) is 7.22. The van der Waals surface area contributed by atoms with E-state index in [1.807, 2.05) is 11.4 Å². The van der Waals surface area contributed by atoms with Gasteiger partial charge in [-0.05, 0) is 43.1 Å². The lowest BCUT2D eigenvalue weighted by atomic mass is 10.0. The van der Waals surface area contributed by atoms with Crippen molar-refractivity contribution in [1.82, 2.24) is 14.9 Å². The third kappa shape index (κ3) is 3.52. The molecule has 0 bridgehead atoms. The van der Waals surface area contributed by atoms with Crippen LogP contribution in [0.5, 0.6) is 5.75 Å². The highest BCUT2D eigenvalue weighted by molar-refractivity contribution is 7.03. The second-order valence-electron chi connectivity index (χ2n) is 4.46. The SMILES string of the molecule is CCNC(Cc1cc(C)ccc1OC)c1csnn1. The monoisotopic (exact) mass is 277 g/mol. The summed E-state index contributed by atoms with van der Waals surface area (Å²) in [5, 5.41) is 9.62. The second-order valence-corrected chi connectivity index (χ2v) is 5.07. The van der Waals surface area contributed by atoms with E-state index in [-0.39, 0.29) is 6.04 Å². The number of nitrogens with one attached hydrogen (secondary N) is 1. The fourth-order valence-corrected chi connectivity index (χ4v) is 2.65. The highest BCUT2D eigenvalue weighted by Gasteiger charge is 2.16. The van der Waals surface area contributed by atoms with Crippen LogP contribution in [0.1, 0.15) is 29.8 Å². The summed E-state index contributed by atoms with van der Waals surface area (Å²) < 4.78 is 9.38. The fourth-order valence-electron chi connectivity index (χ4n) is 2.14. The Kier molecular flexibility index (Phi) is 4.87. The van der Waals surface area contributed by atoms with Crippen LogP contribution >= 0.6 is 11.5 Å². The summed E-state index contributed by atoms with van der Waals surface area (Å²) in [6.45, 7) is 5.09. The van der Waals surface area contributed by atoms with Gasteiger partial charge in [0.2, 0.25) is 0 Å². The summed E-state index contributed by atoms with van der Waals surface area (Å²) in [5.41, 5.74) is 3.43. The molecule has 1 atom stereocenters. The molecule has 1 heterocycles. The number of likely N-dealkylation sites (N-methyl/N-ethyl adjacent to an activating group) is 1. The molecule has 0 saturated carbocycles. The van der Waals surface area contributed by atoms with Crippen LogP contribution in [0.25, 0.3) is 0 Å². The zero-order valence-corrected chi connectivity index (χ0v) is 12.3. The van der Waals surface area contributed by atoms with E-state index in [4.69, 9.17) is 4.74 Å². The van der Waals surface area contributed by atoms with Gasteiger partial charge in [0.25, 0.3) is 0 Å². The number of methoxy groups -OCH3 is 1. The molecule has 5 heteroatoms. The molecule has 0 aliphatic heterocycles. The molecule has 2 aromatic rings. The molecule has 0 spiro atoms. The molecule has 1 N–H and O–H groups in total. The maximum absolute atomic E-state index is 5.44. The van der Waals surface area contributed by atoms with Gasteiger partial charge < -0.3 is 10.1 Å². The van der Waals surface area contributed by atoms with E-state index in [0.29, 0.717) is 0 Å². The van der Waals surface area contributed by atoms with Crippen molar-refractivity contribution in [3.05, 3.63) is 40.4 Å². The van der Waals surface area contributed by atoms with Crippen LogP contribution in [0.15, 0.2) is 23.6 Å². The van der Waals surface area contributed by atoms with Crippen LogP contribution in [-0.4, -0.2) is 23.2 Å². The van der Waals surface area contributed by atoms with Crippen LogP contribution in [0.3, 0.4) is 0 Å². The molecule has 0 radical (unpaired) electrons. The van der Waals surface area contributed by atoms with Crippen molar-refractivity contribution in [2.24, 2.45) is 0 Å². The Labute approximate surface area is 118 Å². The molecule has 0 amide bonds. The van der Waals surface area contributed by atoms with Gasteiger partial charge in [-0.1, -0.05) is 29.1 Å². The summed E-state index contributed by atoms with van der Waals surface area (Å²) in [6.07, 6.45) is 0.851. The maximum atomic E-state index is 5.44. The topological polar surface area (TPSA) is 47.0 Å². The van der Waals surface area contributed by atoms with Gasteiger partial charge in [-0.3, -0.25) is 0 Å². The van der Waals surface area contributed by atoms with E-state index in [0.717, 1.165) is 24.4 Å². The zero-order valence-electron chi connectivity index (χ0n) is 11.5. The zero-order chi connectivity index (χ0) is 13.7. The van der Waals surface area contributed by atoms with Crippen molar-refractivity contribution >= 4 is 11.5 Å². The first-order chi connectivity index (χ1) is 9.24. The predicted molar refractivity (Wildman–Crippen MR) is 77.8 cm³/mol. The minimum absolute atomic E-state index is 0.180. The van der Waals surface area contributed by atoms with Crippen molar-refractivity contribution in [3.8, 4) is 5.75 Å². The second kappa shape index (κ2) is 6.63. The number of hydrogen-bond acceptors (Lipinski definition) is 5. The van der Waals surface area contributed by atoms with E-state index in [9.17, 15) is 0 Å². The number of nitrogens with zero attached hydrogens (tertiary/aromatic N) is 2. The van der Waals surface area contributed by atoms with Gasteiger partial charge in [-0.25, -0.2) is 0 Å². The van der Waals surface area contributed by atoms with E-state index < -0.39 is 0 Å². The highest BCUT2D eigenvalue weighted by Crippen LogP contribution is 2.25. The molecule has 1 aromatic carbocycles. The predicted octanol–water partition coefficient (Wildman–Crippen LogP) is 2.75. The molecule has 1 aromatic heterocycles. The van der Waals surface area contributed by atoms with Crippen LogP contribution in [0.2, 0.25) is 0 Å². The molecule has 0 saturated heterocycles. The maximum Gasteiger partial charge on any atom is 0.122 e. The highest BCUT2D eigenvalue weighted by atomic mass is 32.1. The molecule has 1 unspecified atom stereocenters. The van der Waals surface area contributed by atoms with Gasteiger partial charge >= 0.3 is 0 Å².